The molecular weight excluding hydrogens is 218 g/mol. The van der Waals surface area contributed by atoms with Gasteiger partial charge in [-0.05, 0) is 23.4 Å². The van der Waals surface area contributed by atoms with Crippen molar-refractivity contribution in [2.75, 3.05) is 0 Å². The van der Waals surface area contributed by atoms with Gasteiger partial charge in [-0.3, -0.25) is 4.68 Å². The van der Waals surface area contributed by atoms with Gasteiger partial charge in [0.05, 0.1) is 11.4 Å². The Labute approximate surface area is 99.9 Å². The highest BCUT2D eigenvalue weighted by Gasteiger charge is 2.09. The van der Waals surface area contributed by atoms with Crippen LogP contribution in [0.5, 0.6) is 0 Å². The molecule has 0 aromatic carbocycles. The largest absolute Gasteiger partial charge is 0.325 e. The van der Waals surface area contributed by atoms with Gasteiger partial charge < -0.3 is 5.73 Å². The Morgan fingerprint density at radius 1 is 1.50 bits per heavy atom. The maximum Gasteiger partial charge on any atom is 0.0934 e. The van der Waals surface area contributed by atoms with Crippen LogP contribution in [0.25, 0.3) is 11.3 Å². The highest BCUT2D eigenvalue weighted by molar-refractivity contribution is 7.08. The normalized spacial score (nSPS) is 11.2. The Bertz CT molecular complexity index is 443. The van der Waals surface area contributed by atoms with E-state index < -0.39 is 0 Å². The molecule has 86 valence electrons. The predicted molar refractivity (Wildman–Crippen MR) is 68.3 cm³/mol. The summed E-state index contributed by atoms with van der Waals surface area (Å²) in [7, 11) is 0. The van der Waals surface area contributed by atoms with Gasteiger partial charge in [0.25, 0.3) is 0 Å². The fourth-order valence-electron chi connectivity index (χ4n) is 1.68. The van der Waals surface area contributed by atoms with Crippen molar-refractivity contribution in [1.29, 1.82) is 0 Å². The van der Waals surface area contributed by atoms with Gasteiger partial charge >= 0.3 is 0 Å². The van der Waals surface area contributed by atoms with Crippen LogP contribution < -0.4 is 5.73 Å². The molecule has 0 spiro atoms. The molecule has 0 fully saturated rings. The van der Waals surface area contributed by atoms with Gasteiger partial charge in [-0.1, -0.05) is 13.8 Å². The number of hydrogen-bond donors (Lipinski definition) is 1. The van der Waals surface area contributed by atoms with E-state index in [-0.39, 0.29) is 0 Å². The quantitative estimate of drug-likeness (QED) is 0.885. The van der Waals surface area contributed by atoms with E-state index in [0.29, 0.717) is 12.5 Å². The van der Waals surface area contributed by atoms with Gasteiger partial charge in [-0.15, -0.1) is 0 Å². The van der Waals surface area contributed by atoms with Gasteiger partial charge in [0.1, 0.15) is 0 Å². The van der Waals surface area contributed by atoms with Gasteiger partial charge in [0.15, 0.2) is 0 Å². The Balaban J connectivity index is 2.32. The van der Waals surface area contributed by atoms with Gasteiger partial charge in [-0.25, -0.2) is 0 Å². The number of thiophene rings is 1. The molecule has 0 unspecified atom stereocenters. The van der Waals surface area contributed by atoms with E-state index in [1.807, 2.05) is 4.68 Å². The second-order valence-corrected chi connectivity index (χ2v) is 5.09. The molecule has 0 bridgehead atoms. The smallest absolute Gasteiger partial charge is 0.0934 e. The summed E-state index contributed by atoms with van der Waals surface area (Å²) in [5.41, 5.74) is 9.05. The molecule has 2 heterocycles. The maximum atomic E-state index is 5.73. The number of hydrogen-bond acceptors (Lipinski definition) is 3. The molecule has 0 amide bonds. The summed E-state index contributed by atoms with van der Waals surface area (Å²) in [5.74, 6) is 0.584. The van der Waals surface area contributed by atoms with Crippen LogP contribution in [-0.4, -0.2) is 9.78 Å². The lowest BCUT2D eigenvalue weighted by molar-refractivity contribution is 0.470. The number of aromatic nitrogens is 2. The highest BCUT2D eigenvalue weighted by Crippen LogP contribution is 2.22. The molecule has 16 heavy (non-hydrogen) atoms. The van der Waals surface area contributed by atoms with Gasteiger partial charge in [0, 0.05) is 24.0 Å². The SMILES string of the molecule is CC(C)Cn1nc(-c2ccsc2)cc1CN. The summed E-state index contributed by atoms with van der Waals surface area (Å²) in [6.07, 6.45) is 0. The minimum Gasteiger partial charge on any atom is -0.325 e. The lowest BCUT2D eigenvalue weighted by Crippen LogP contribution is -2.12. The first kappa shape index (κ1) is 11.4. The molecule has 0 aliphatic heterocycles. The first-order valence-electron chi connectivity index (χ1n) is 5.50. The third-order valence-electron chi connectivity index (χ3n) is 2.43. The third-order valence-corrected chi connectivity index (χ3v) is 3.11. The molecule has 2 N–H and O–H groups in total. The highest BCUT2D eigenvalue weighted by atomic mass is 32.1. The summed E-state index contributed by atoms with van der Waals surface area (Å²) < 4.78 is 2.03. The number of nitrogens with zero attached hydrogens (tertiary/aromatic N) is 2. The first-order chi connectivity index (χ1) is 7.70. The van der Waals surface area contributed by atoms with Crippen LogP contribution in [0.4, 0.5) is 0 Å². The zero-order valence-electron chi connectivity index (χ0n) is 9.68. The van der Waals surface area contributed by atoms with Crippen molar-refractivity contribution < 1.29 is 0 Å². The maximum absolute atomic E-state index is 5.73. The molecule has 2 aromatic rings. The number of rotatable bonds is 4. The van der Waals surface area contributed by atoms with Crippen molar-refractivity contribution in [3.8, 4) is 11.3 Å². The van der Waals surface area contributed by atoms with E-state index >= 15 is 0 Å². The van der Waals surface area contributed by atoms with E-state index in [0.717, 1.165) is 17.9 Å². The lowest BCUT2D eigenvalue weighted by atomic mass is 10.2. The second kappa shape index (κ2) is 4.80. The fraction of sp³-hybridized carbons (Fsp3) is 0.417. The summed E-state index contributed by atoms with van der Waals surface area (Å²) in [4.78, 5) is 0. The van der Waals surface area contributed by atoms with Crippen LogP contribution in [-0.2, 0) is 13.1 Å². The topological polar surface area (TPSA) is 43.8 Å². The summed E-state index contributed by atoms with van der Waals surface area (Å²) in [6, 6.07) is 4.18. The summed E-state index contributed by atoms with van der Waals surface area (Å²) in [5, 5.41) is 8.79. The average molecular weight is 235 g/mol. The van der Waals surface area contributed by atoms with Crippen molar-refractivity contribution in [2.45, 2.75) is 26.9 Å². The van der Waals surface area contributed by atoms with Crippen LogP contribution in [0, 0.1) is 5.92 Å². The van der Waals surface area contributed by atoms with Crippen LogP contribution in [0.3, 0.4) is 0 Å². The molecule has 0 aliphatic carbocycles. The minimum atomic E-state index is 0.545. The molecule has 0 aliphatic rings. The van der Waals surface area contributed by atoms with E-state index in [4.69, 9.17) is 5.73 Å². The van der Waals surface area contributed by atoms with Crippen molar-refractivity contribution in [2.24, 2.45) is 11.7 Å². The minimum absolute atomic E-state index is 0.545. The third kappa shape index (κ3) is 2.33. The Morgan fingerprint density at radius 3 is 2.88 bits per heavy atom. The van der Waals surface area contributed by atoms with Crippen molar-refractivity contribution >= 4 is 11.3 Å². The molecule has 0 radical (unpaired) electrons. The zero-order valence-corrected chi connectivity index (χ0v) is 10.5. The molecule has 0 atom stereocenters. The van der Waals surface area contributed by atoms with Crippen molar-refractivity contribution in [3.63, 3.8) is 0 Å². The van der Waals surface area contributed by atoms with Crippen LogP contribution in [0.1, 0.15) is 19.5 Å². The molecule has 3 nitrogen and oxygen atoms in total. The van der Waals surface area contributed by atoms with Gasteiger partial charge in [0.2, 0.25) is 0 Å². The van der Waals surface area contributed by atoms with Crippen LogP contribution in [0.15, 0.2) is 22.9 Å². The molecule has 0 saturated heterocycles. The van der Waals surface area contributed by atoms with Crippen LogP contribution >= 0.6 is 11.3 Å². The number of nitrogens with two attached hydrogens (primary N) is 1. The van der Waals surface area contributed by atoms with E-state index in [1.165, 1.54) is 5.56 Å². The van der Waals surface area contributed by atoms with E-state index in [9.17, 15) is 0 Å². The fourth-order valence-corrected chi connectivity index (χ4v) is 2.32. The first-order valence-corrected chi connectivity index (χ1v) is 6.44. The Hall–Kier alpha value is -1.13. The second-order valence-electron chi connectivity index (χ2n) is 4.31. The average Bonchev–Trinajstić information content (AvgIpc) is 2.83. The van der Waals surface area contributed by atoms with Crippen LogP contribution in [0.2, 0.25) is 0 Å². The molecule has 2 rings (SSSR count). The Morgan fingerprint density at radius 2 is 2.31 bits per heavy atom. The van der Waals surface area contributed by atoms with Gasteiger partial charge in [-0.2, -0.15) is 16.4 Å². The summed E-state index contributed by atoms with van der Waals surface area (Å²) >= 11 is 1.69. The predicted octanol–water partition coefficient (Wildman–Crippen LogP) is 2.73. The molecule has 4 heteroatoms. The Kier molecular flexibility index (Phi) is 3.41. The van der Waals surface area contributed by atoms with E-state index in [2.05, 4.69) is 41.8 Å². The van der Waals surface area contributed by atoms with Crippen molar-refractivity contribution in [1.82, 2.24) is 9.78 Å². The molecule has 2 aromatic heterocycles. The van der Waals surface area contributed by atoms with E-state index in [1.54, 1.807) is 11.3 Å². The standard InChI is InChI=1S/C12H17N3S/c1-9(2)7-15-11(6-13)5-12(14-15)10-3-4-16-8-10/h3-5,8-9H,6-7,13H2,1-2H3. The molecular formula is C12H17N3S. The zero-order chi connectivity index (χ0) is 11.5. The lowest BCUT2D eigenvalue weighted by Gasteiger charge is -2.07. The van der Waals surface area contributed by atoms with Crippen molar-refractivity contribution in [3.05, 3.63) is 28.6 Å². The monoisotopic (exact) mass is 235 g/mol. The molecule has 0 saturated carbocycles. The summed E-state index contributed by atoms with van der Waals surface area (Å²) in [6.45, 7) is 5.85.